The molecule has 0 bridgehead atoms. The number of rotatable bonds is 10. The number of hydrogen-bond acceptors (Lipinski definition) is 4. The summed E-state index contributed by atoms with van der Waals surface area (Å²) in [5.41, 5.74) is 0. The Morgan fingerprint density at radius 1 is 1.05 bits per heavy atom. The summed E-state index contributed by atoms with van der Waals surface area (Å²) in [5, 5.41) is 2.72. The molecule has 0 spiro atoms. The number of amides is 2. The smallest absolute Gasteiger partial charge is 0.230 e. The van der Waals surface area contributed by atoms with Gasteiger partial charge in [0.15, 0.2) is 5.12 Å². The molecule has 6 heteroatoms. The average Bonchev–Trinajstić information content (AvgIpc) is 2.41. The van der Waals surface area contributed by atoms with Crippen molar-refractivity contribution in [2.75, 3.05) is 25.4 Å². The van der Waals surface area contributed by atoms with Crippen LogP contribution >= 0.6 is 11.8 Å². The summed E-state index contributed by atoms with van der Waals surface area (Å²) < 4.78 is 0. The van der Waals surface area contributed by atoms with Gasteiger partial charge in [-0.05, 0) is 26.7 Å². The van der Waals surface area contributed by atoms with Gasteiger partial charge in [-0.3, -0.25) is 14.4 Å². The molecule has 116 valence electrons. The molecule has 0 aliphatic heterocycles. The first kappa shape index (κ1) is 19.0. The lowest BCUT2D eigenvalue weighted by Crippen LogP contribution is -2.30. The highest BCUT2D eigenvalue weighted by atomic mass is 32.2. The number of carbonyl (C=O) groups excluding carboxylic acids is 3. The van der Waals surface area contributed by atoms with Crippen LogP contribution in [-0.2, 0) is 14.4 Å². The molecule has 0 aromatic rings. The van der Waals surface area contributed by atoms with Crippen LogP contribution in [0.2, 0.25) is 0 Å². The number of unbranched alkanes of at least 4 members (excludes halogenated alkanes) is 2. The molecule has 0 unspecified atom stereocenters. The molecule has 5 nitrogen and oxygen atoms in total. The van der Waals surface area contributed by atoms with Gasteiger partial charge in [0, 0.05) is 33.0 Å². The summed E-state index contributed by atoms with van der Waals surface area (Å²) in [6.45, 7) is 7.55. The molecule has 0 atom stereocenters. The number of nitrogens with one attached hydrogen (secondary N) is 1. The predicted octanol–water partition coefficient (Wildman–Crippen LogP) is 1.81. The van der Waals surface area contributed by atoms with E-state index >= 15 is 0 Å². The van der Waals surface area contributed by atoms with Crippen LogP contribution < -0.4 is 5.32 Å². The fraction of sp³-hybridized carbons (Fsp3) is 0.786. The largest absolute Gasteiger partial charge is 0.355 e. The molecule has 0 aromatic heterocycles. The van der Waals surface area contributed by atoms with E-state index in [9.17, 15) is 14.4 Å². The van der Waals surface area contributed by atoms with Crippen LogP contribution in [0.15, 0.2) is 0 Å². The van der Waals surface area contributed by atoms with E-state index in [1.165, 1.54) is 6.92 Å². The fourth-order valence-electron chi connectivity index (χ4n) is 1.76. The minimum atomic E-state index is -0.107. The molecule has 0 aliphatic carbocycles. The van der Waals surface area contributed by atoms with Crippen molar-refractivity contribution in [3.05, 3.63) is 0 Å². The van der Waals surface area contributed by atoms with E-state index in [2.05, 4.69) is 5.32 Å². The van der Waals surface area contributed by atoms with Crippen molar-refractivity contribution in [2.45, 2.75) is 46.5 Å². The summed E-state index contributed by atoms with van der Waals surface area (Å²) in [6.07, 6.45) is 3.22. The Kier molecular flexibility index (Phi) is 11.1. The summed E-state index contributed by atoms with van der Waals surface area (Å²) in [4.78, 5) is 35.5. The maximum atomic E-state index is 11.7. The Balaban J connectivity index is 3.51. The molecular formula is C14H26N2O3S. The van der Waals surface area contributed by atoms with E-state index < -0.39 is 0 Å². The van der Waals surface area contributed by atoms with Crippen LogP contribution in [0.5, 0.6) is 0 Å². The van der Waals surface area contributed by atoms with Crippen molar-refractivity contribution < 1.29 is 14.4 Å². The third kappa shape index (κ3) is 9.83. The molecule has 0 radical (unpaired) electrons. The van der Waals surface area contributed by atoms with Gasteiger partial charge in [-0.25, -0.2) is 0 Å². The normalized spacial score (nSPS) is 10.2. The second kappa shape index (κ2) is 11.8. The molecule has 0 rings (SSSR count). The maximum Gasteiger partial charge on any atom is 0.230 e. The molecule has 0 heterocycles. The Labute approximate surface area is 125 Å². The number of carbonyl (C=O) groups is 3. The molecule has 0 fully saturated rings. The molecular weight excluding hydrogens is 276 g/mol. The number of thioether (sulfide) groups is 1. The van der Waals surface area contributed by atoms with Gasteiger partial charge in [0.25, 0.3) is 0 Å². The molecule has 0 saturated heterocycles. The molecule has 1 N–H and O–H groups in total. The van der Waals surface area contributed by atoms with E-state index in [4.69, 9.17) is 0 Å². The topological polar surface area (TPSA) is 66.5 Å². The quantitative estimate of drug-likeness (QED) is 0.625. The number of hydrogen-bond donors (Lipinski definition) is 1. The van der Waals surface area contributed by atoms with E-state index in [0.717, 1.165) is 44.1 Å². The average molecular weight is 302 g/mol. The molecule has 20 heavy (non-hydrogen) atoms. The zero-order chi connectivity index (χ0) is 15.4. The highest BCUT2D eigenvalue weighted by Crippen LogP contribution is 2.03. The first-order valence-corrected chi connectivity index (χ1v) is 8.17. The monoisotopic (exact) mass is 302 g/mol. The fourth-order valence-corrected chi connectivity index (χ4v) is 2.19. The van der Waals surface area contributed by atoms with Crippen LogP contribution in [0.4, 0.5) is 0 Å². The van der Waals surface area contributed by atoms with Crippen molar-refractivity contribution >= 4 is 28.7 Å². The molecule has 2 amide bonds. The maximum absolute atomic E-state index is 11.7. The summed E-state index contributed by atoms with van der Waals surface area (Å²) in [7, 11) is 0. The Morgan fingerprint density at radius 3 is 2.25 bits per heavy atom. The second-order valence-electron chi connectivity index (χ2n) is 4.51. The van der Waals surface area contributed by atoms with Gasteiger partial charge >= 0.3 is 0 Å². The van der Waals surface area contributed by atoms with Crippen molar-refractivity contribution in [1.82, 2.24) is 10.2 Å². The lowest BCUT2D eigenvalue weighted by atomic mass is 10.2. The zero-order valence-corrected chi connectivity index (χ0v) is 13.6. The number of nitrogens with zero attached hydrogens (tertiary/aromatic N) is 1. The van der Waals surface area contributed by atoms with Gasteiger partial charge in [0.05, 0.1) is 5.75 Å². The van der Waals surface area contributed by atoms with Crippen molar-refractivity contribution in [3.63, 3.8) is 0 Å². The van der Waals surface area contributed by atoms with Crippen LogP contribution in [0.3, 0.4) is 0 Å². The highest BCUT2D eigenvalue weighted by Gasteiger charge is 2.08. The standard InChI is InChI=1S/C14H26N2O3S/c1-4-16(5-2)14(19)9-7-6-8-10-15-13(18)11-20-12(3)17/h4-11H2,1-3H3,(H,15,18). The zero-order valence-electron chi connectivity index (χ0n) is 12.7. The van der Waals surface area contributed by atoms with Gasteiger partial charge in [-0.2, -0.15) is 0 Å². The van der Waals surface area contributed by atoms with Crippen LogP contribution in [0, 0.1) is 0 Å². The van der Waals surface area contributed by atoms with E-state index in [1.54, 1.807) is 0 Å². The van der Waals surface area contributed by atoms with Crippen molar-refractivity contribution in [2.24, 2.45) is 0 Å². The summed E-state index contributed by atoms with van der Waals surface area (Å²) in [6, 6.07) is 0. The molecule has 0 saturated carbocycles. The van der Waals surface area contributed by atoms with Gasteiger partial charge in [0.1, 0.15) is 0 Å². The lowest BCUT2D eigenvalue weighted by molar-refractivity contribution is -0.131. The SMILES string of the molecule is CCN(CC)C(=O)CCCCCNC(=O)CSC(C)=O. The van der Waals surface area contributed by atoms with Gasteiger partial charge < -0.3 is 10.2 Å². The Hall–Kier alpha value is -1.04. The van der Waals surface area contributed by atoms with Gasteiger partial charge in [-0.1, -0.05) is 18.2 Å². The van der Waals surface area contributed by atoms with Crippen LogP contribution in [0.25, 0.3) is 0 Å². The van der Waals surface area contributed by atoms with E-state index in [1.807, 2.05) is 18.7 Å². The summed E-state index contributed by atoms with van der Waals surface area (Å²) in [5.74, 6) is 0.289. The van der Waals surface area contributed by atoms with Crippen LogP contribution in [-0.4, -0.2) is 47.2 Å². The van der Waals surface area contributed by atoms with E-state index in [0.29, 0.717) is 13.0 Å². The third-order valence-electron chi connectivity index (χ3n) is 2.91. The lowest BCUT2D eigenvalue weighted by Gasteiger charge is -2.18. The van der Waals surface area contributed by atoms with Gasteiger partial charge in [-0.15, -0.1) is 0 Å². The summed E-state index contributed by atoms with van der Waals surface area (Å²) >= 11 is 1.02. The first-order chi connectivity index (χ1) is 9.51. The predicted molar refractivity (Wildman–Crippen MR) is 82.5 cm³/mol. The second-order valence-corrected chi connectivity index (χ2v) is 5.66. The molecule has 0 aliphatic rings. The third-order valence-corrected chi connectivity index (χ3v) is 3.73. The Bertz CT molecular complexity index is 318. The van der Waals surface area contributed by atoms with Crippen molar-refractivity contribution in [3.8, 4) is 0 Å². The van der Waals surface area contributed by atoms with E-state index in [-0.39, 0.29) is 22.7 Å². The van der Waals surface area contributed by atoms with Crippen LogP contribution in [0.1, 0.15) is 46.5 Å². The highest BCUT2D eigenvalue weighted by molar-refractivity contribution is 8.14. The minimum absolute atomic E-state index is 0.0462. The minimum Gasteiger partial charge on any atom is -0.355 e. The molecule has 0 aromatic carbocycles. The van der Waals surface area contributed by atoms with Gasteiger partial charge in [0.2, 0.25) is 11.8 Å². The van der Waals surface area contributed by atoms with Crippen molar-refractivity contribution in [1.29, 1.82) is 0 Å². The first-order valence-electron chi connectivity index (χ1n) is 7.19. The Morgan fingerprint density at radius 2 is 1.70 bits per heavy atom.